The zero-order valence-corrected chi connectivity index (χ0v) is 15.2. The van der Waals surface area contributed by atoms with E-state index in [-0.39, 0.29) is 18.2 Å². The van der Waals surface area contributed by atoms with Crippen molar-refractivity contribution in [3.63, 3.8) is 0 Å². The van der Waals surface area contributed by atoms with Crippen molar-refractivity contribution in [1.82, 2.24) is 19.4 Å². The molecule has 27 heavy (non-hydrogen) atoms. The molecule has 0 atom stereocenters. The highest BCUT2D eigenvalue weighted by Gasteiger charge is 2.25. The maximum atomic E-state index is 12.5. The highest BCUT2D eigenvalue weighted by Crippen LogP contribution is 2.18. The number of aromatic nitrogens is 3. The molecule has 0 spiro atoms. The maximum Gasteiger partial charge on any atom is 0.257 e. The molecule has 1 N–H and O–H groups in total. The van der Waals surface area contributed by atoms with Crippen molar-refractivity contribution >= 4 is 27.5 Å². The Kier molecular flexibility index (Phi) is 4.11. The molecule has 2 aromatic heterocycles. The van der Waals surface area contributed by atoms with Crippen LogP contribution in [0.4, 0.5) is 5.69 Å². The molecule has 2 aliphatic rings. The van der Waals surface area contributed by atoms with Gasteiger partial charge in [0.25, 0.3) is 15.9 Å². The molecular formula is C17H16N6O3S. The average molecular weight is 384 g/mol. The van der Waals surface area contributed by atoms with Gasteiger partial charge in [-0.3, -0.25) is 9.36 Å². The molecule has 4 heterocycles. The molecule has 1 amide bonds. The van der Waals surface area contributed by atoms with Crippen LogP contribution in [-0.4, -0.2) is 51.9 Å². The number of hydrogen-bond donors (Lipinski definition) is 1. The van der Waals surface area contributed by atoms with E-state index in [4.69, 9.17) is 0 Å². The number of fused-ring (bicyclic) bond motifs is 1. The van der Waals surface area contributed by atoms with E-state index >= 15 is 0 Å². The third-order valence-corrected chi connectivity index (χ3v) is 5.33. The van der Waals surface area contributed by atoms with Crippen molar-refractivity contribution < 1.29 is 13.2 Å². The molecule has 2 aromatic rings. The molecule has 0 unspecified atom stereocenters. The summed E-state index contributed by atoms with van der Waals surface area (Å²) in [4.78, 5) is 22.6. The van der Waals surface area contributed by atoms with Crippen LogP contribution in [-0.2, 0) is 14.8 Å². The largest absolute Gasteiger partial charge is 0.330 e. The van der Waals surface area contributed by atoms with Crippen LogP contribution in [0.3, 0.4) is 0 Å². The van der Waals surface area contributed by atoms with Gasteiger partial charge in [0.1, 0.15) is 17.5 Å². The standard InChI is InChI=1S/C17H16N6O3S/c1-12-18-6-7-23(12)15-5-3-14(10-19-15)20-17(24)13-2-4-16-21-27(25,26)9-8-22(16)11-13/h2-7,10-11H,8-9H2,1H3,(H,20,24). The monoisotopic (exact) mass is 384 g/mol. The summed E-state index contributed by atoms with van der Waals surface area (Å²) in [6, 6.07) is 3.54. The van der Waals surface area contributed by atoms with Crippen LogP contribution in [0.15, 0.2) is 59.0 Å². The number of carbonyl (C=O) groups excluding carboxylic acids is 1. The highest BCUT2D eigenvalue weighted by molar-refractivity contribution is 7.90. The highest BCUT2D eigenvalue weighted by atomic mass is 32.2. The summed E-state index contributed by atoms with van der Waals surface area (Å²) in [5.41, 5.74) is 0.958. The second kappa shape index (κ2) is 6.47. The van der Waals surface area contributed by atoms with Crippen LogP contribution in [0.25, 0.3) is 5.82 Å². The van der Waals surface area contributed by atoms with Gasteiger partial charge in [-0.2, -0.15) is 0 Å². The normalized spacial score (nSPS) is 17.7. The lowest BCUT2D eigenvalue weighted by Gasteiger charge is -2.26. The molecule has 0 saturated carbocycles. The van der Waals surface area contributed by atoms with Crippen LogP contribution in [0.1, 0.15) is 5.82 Å². The van der Waals surface area contributed by atoms with Crippen LogP contribution in [0.5, 0.6) is 0 Å². The number of hydrogen-bond acceptors (Lipinski definition) is 6. The van der Waals surface area contributed by atoms with E-state index in [0.717, 1.165) is 5.82 Å². The molecule has 9 nitrogen and oxygen atoms in total. The van der Waals surface area contributed by atoms with Crippen molar-refractivity contribution in [2.75, 3.05) is 17.6 Å². The van der Waals surface area contributed by atoms with Gasteiger partial charge in [-0.25, -0.2) is 18.4 Å². The fraction of sp³-hybridized carbons (Fsp3) is 0.176. The summed E-state index contributed by atoms with van der Waals surface area (Å²) in [7, 11) is -3.41. The first-order chi connectivity index (χ1) is 12.9. The first-order valence-electron chi connectivity index (χ1n) is 8.18. The Morgan fingerprint density at radius 3 is 2.78 bits per heavy atom. The van der Waals surface area contributed by atoms with E-state index in [1.54, 1.807) is 41.7 Å². The average Bonchev–Trinajstić information content (AvgIpc) is 3.07. The second-order valence-electron chi connectivity index (χ2n) is 6.05. The molecule has 0 radical (unpaired) electrons. The van der Waals surface area contributed by atoms with Gasteiger partial charge in [0.15, 0.2) is 0 Å². The third kappa shape index (κ3) is 3.51. The van der Waals surface area contributed by atoms with Gasteiger partial charge in [0.05, 0.1) is 23.2 Å². The lowest BCUT2D eigenvalue weighted by Crippen LogP contribution is -2.37. The molecule has 138 valence electrons. The van der Waals surface area contributed by atoms with Gasteiger partial charge in [-0.15, -0.1) is 4.40 Å². The van der Waals surface area contributed by atoms with Gasteiger partial charge in [-0.1, -0.05) is 0 Å². The number of rotatable bonds is 3. The topological polar surface area (TPSA) is 110 Å². The van der Waals surface area contributed by atoms with E-state index in [1.807, 2.05) is 17.7 Å². The summed E-state index contributed by atoms with van der Waals surface area (Å²) in [6.07, 6.45) is 9.74. The number of amidine groups is 1. The Balaban J connectivity index is 1.48. The molecule has 0 aromatic carbocycles. The fourth-order valence-corrected chi connectivity index (χ4v) is 3.73. The molecule has 0 bridgehead atoms. The predicted octanol–water partition coefficient (Wildman–Crippen LogP) is 1.01. The molecule has 10 heteroatoms. The molecule has 2 aliphatic heterocycles. The van der Waals surface area contributed by atoms with Gasteiger partial charge in [-0.05, 0) is 31.2 Å². The zero-order chi connectivity index (χ0) is 19.0. The summed E-state index contributed by atoms with van der Waals surface area (Å²) in [5.74, 6) is 1.45. The Hall–Kier alpha value is -3.27. The molecular weight excluding hydrogens is 368 g/mol. The first-order valence-corrected chi connectivity index (χ1v) is 9.79. The summed E-state index contributed by atoms with van der Waals surface area (Å²) in [5, 5.41) is 2.78. The Labute approximate surface area is 155 Å². The number of aryl methyl sites for hydroxylation is 1. The predicted molar refractivity (Wildman–Crippen MR) is 99.9 cm³/mol. The smallest absolute Gasteiger partial charge is 0.257 e. The van der Waals surface area contributed by atoms with Crippen LogP contribution in [0.2, 0.25) is 0 Å². The lowest BCUT2D eigenvalue weighted by atomic mass is 10.1. The summed E-state index contributed by atoms with van der Waals surface area (Å²) in [6.45, 7) is 2.14. The van der Waals surface area contributed by atoms with E-state index in [2.05, 4.69) is 19.7 Å². The van der Waals surface area contributed by atoms with E-state index in [9.17, 15) is 13.2 Å². The number of amides is 1. The molecule has 0 aliphatic carbocycles. The summed E-state index contributed by atoms with van der Waals surface area (Å²) < 4.78 is 28.6. The minimum absolute atomic E-state index is 0.0746. The first kappa shape index (κ1) is 17.2. The van der Waals surface area contributed by atoms with Crippen molar-refractivity contribution in [2.24, 2.45) is 4.40 Å². The van der Waals surface area contributed by atoms with Gasteiger partial charge < -0.3 is 10.2 Å². The fourth-order valence-electron chi connectivity index (χ4n) is 2.76. The van der Waals surface area contributed by atoms with Gasteiger partial charge >= 0.3 is 0 Å². The van der Waals surface area contributed by atoms with Crippen molar-refractivity contribution in [3.8, 4) is 5.82 Å². The van der Waals surface area contributed by atoms with Crippen LogP contribution < -0.4 is 5.32 Å². The van der Waals surface area contributed by atoms with Gasteiger partial charge in [0.2, 0.25) is 0 Å². The summed E-state index contributed by atoms with van der Waals surface area (Å²) >= 11 is 0. The minimum Gasteiger partial charge on any atom is -0.330 e. The minimum atomic E-state index is -3.41. The Morgan fingerprint density at radius 2 is 2.07 bits per heavy atom. The van der Waals surface area contributed by atoms with Crippen molar-refractivity contribution in [2.45, 2.75) is 6.92 Å². The lowest BCUT2D eigenvalue weighted by molar-refractivity contribution is -0.112. The number of nitrogens with one attached hydrogen (secondary N) is 1. The van der Waals surface area contributed by atoms with E-state index < -0.39 is 10.0 Å². The van der Waals surface area contributed by atoms with E-state index in [0.29, 0.717) is 22.9 Å². The molecule has 4 rings (SSSR count). The van der Waals surface area contributed by atoms with Gasteiger partial charge in [0, 0.05) is 25.1 Å². The second-order valence-corrected chi connectivity index (χ2v) is 7.80. The SMILES string of the molecule is Cc1nccn1-c1ccc(NC(=O)C2=CN3CCS(=O)(=O)N=C3C=C2)cn1. The Bertz CT molecular complexity index is 1100. The van der Waals surface area contributed by atoms with Crippen molar-refractivity contribution in [1.29, 1.82) is 0 Å². The van der Waals surface area contributed by atoms with Crippen molar-refractivity contribution in [3.05, 3.63) is 60.5 Å². The number of nitrogens with zero attached hydrogens (tertiary/aromatic N) is 5. The quantitative estimate of drug-likeness (QED) is 0.846. The zero-order valence-electron chi connectivity index (χ0n) is 14.4. The molecule has 0 fully saturated rings. The third-order valence-electron chi connectivity index (χ3n) is 4.16. The van der Waals surface area contributed by atoms with Crippen LogP contribution in [0, 0.1) is 6.92 Å². The molecule has 0 saturated heterocycles. The van der Waals surface area contributed by atoms with Crippen LogP contribution >= 0.6 is 0 Å². The maximum absolute atomic E-state index is 12.5. The number of pyridine rings is 1. The number of sulfonamides is 1. The van der Waals surface area contributed by atoms with E-state index in [1.165, 1.54) is 6.08 Å². The number of carbonyl (C=O) groups is 1. The Morgan fingerprint density at radius 1 is 1.22 bits per heavy atom. The number of imidazole rings is 1. The number of anilines is 1.